The van der Waals surface area contributed by atoms with E-state index >= 15 is 0 Å². The molecule has 2 saturated heterocycles. The third-order valence-corrected chi connectivity index (χ3v) is 11.7. The van der Waals surface area contributed by atoms with E-state index in [1.165, 1.54) is 9.80 Å². The van der Waals surface area contributed by atoms with Gasteiger partial charge in [-0.15, -0.1) is 0 Å². The van der Waals surface area contributed by atoms with Crippen LogP contribution in [0, 0.1) is 23.7 Å². The van der Waals surface area contributed by atoms with Gasteiger partial charge in [0.25, 0.3) is 0 Å². The van der Waals surface area contributed by atoms with E-state index in [9.17, 15) is 38.4 Å². The molecule has 6 atom stereocenters. The topological polar surface area (TPSA) is 248 Å². The number of carbonyl (C=O) groups excluding carboxylic acids is 8. The van der Waals surface area contributed by atoms with Crippen LogP contribution in [0.1, 0.15) is 126 Å². The van der Waals surface area contributed by atoms with Gasteiger partial charge in [-0.2, -0.15) is 0 Å². The Morgan fingerprint density at radius 2 is 1.54 bits per heavy atom. The van der Waals surface area contributed by atoms with E-state index in [0.29, 0.717) is 38.5 Å². The fourth-order valence-corrected chi connectivity index (χ4v) is 7.86. The molecule has 7 amide bonds. The number of rotatable bonds is 13. The van der Waals surface area contributed by atoms with E-state index < -0.39 is 108 Å². The molecule has 0 aromatic heterocycles. The number of likely N-dealkylation sites (N-methyl/N-ethyl adjacent to an activating group) is 1. The predicted octanol–water partition coefficient (Wildman–Crippen LogP) is 1.87. The lowest BCUT2D eigenvalue weighted by Gasteiger charge is -2.38. The van der Waals surface area contributed by atoms with Crippen molar-refractivity contribution in [3.8, 4) is 0 Å². The fourth-order valence-electron chi connectivity index (χ4n) is 7.86. The number of nitrogens with one attached hydrogen (secondary N) is 5. The standard InChI is InChI=1S/C43H74N8O10/c1-9-10-11-15-18-33-27(4)41(58)50(8)32(20-19-26(2)3)39(56)49-35(28-16-13-12-14-17-28)40(57)47-30(21-44)38(55)48-31(37(54)46-23-34(52)60-33)22-45-36(53)29-24-51(25-29)42(59)61-43(5,6)7/h26-33,35H,9-25,44H2,1-8H3,(H,45,53)(H,46,54)(H,47,57)(H,48,55)(H,49,56)/t27-,30+,31+,32+,33+,35+/m1/s1. The second-order valence-electron chi connectivity index (χ2n) is 18.4. The molecular formula is C43H74N8O10. The number of hydrogen-bond donors (Lipinski definition) is 6. The number of hydrogen-bond acceptors (Lipinski definition) is 11. The van der Waals surface area contributed by atoms with E-state index in [0.717, 1.165) is 38.5 Å². The molecule has 0 radical (unpaired) electrons. The van der Waals surface area contributed by atoms with Crippen molar-refractivity contribution >= 4 is 47.5 Å². The molecular weight excluding hydrogens is 789 g/mol. The van der Waals surface area contributed by atoms with Crippen LogP contribution in [0.15, 0.2) is 0 Å². The first kappa shape index (κ1) is 50.9. The maximum atomic E-state index is 14.3. The van der Waals surface area contributed by atoms with E-state index in [2.05, 4.69) is 33.5 Å². The minimum absolute atomic E-state index is 0.0879. The van der Waals surface area contributed by atoms with E-state index in [-0.39, 0.29) is 31.5 Å². The molecule has 0 aromatic rings. The van der Waals surface area contributed by atoms with E-state index in [1.54, 1.807) is 34.7 Å². The first-order valence-electron chi connectivity index (χ1n) is 22.4. The van der Waals surface area contributed by atoms with Gasteiger partial charge in [0.05, 0.1) is 11.8 Å². The summed E-state index contributed by atoms with van der Waals surface area (Å²) in [6.07, 6.45) is 7.27. The largest absolute Gasteiger partial charge is 0.460 e. The Bertz CT molecular complexity index is 1520. The molecule has 61 heavy (non-hydrogen) atoms. The molecule has 3 rings (SSSR count). The monoisotopic (exact) mass is 863 g/mol. The van der Waals surface area contributed by atoms with Crippen LogP contribution in [-0.2, 0) is 43.0 Å². The molecule has 2 aliphatic heterocycles. The first-order valence-corrected chi connectivity index (χ1v) is 22.4. The summed E-state index contributed by atoms with van der Waals surface area (Å²) in [6.45, 7) is 11.7. The lowest BCUT2D eigenvalue weighted by Crippen LogP contribution is -2.63. The van der Waals surface area contributed by atoms with Gasteiger partial charge in [0, 0.05) is 33.2 Å². The number of likely N-dealkylation sites (tertiary alicyclic amines) is 1. The quantitative estimate of drug-likeness (QED) is 0.115. The molecule has 3 fully saturated rings. The molecule has 2 heterocycles. The molecule has 1 saturated carbocycles. The summed E-state index contributed by atoms with van der Waals surface area (Å²) >= 11 is 0. The smallest absolute Gasteiger partial charge is 0.410 e. The van der Waals surface area contributed by atoms with Crippen molar-refractivity contribution in [1.82, 2.24) is 36.4 Å². The van der Waals surface area contributed by atoms with Crippen molar-refractivity contribution in [1.29, 1.82) is 0 Å². The van der Waals surface area contributed by atoms with Crippen LogP contribution >= 0.6 is 0 Å². The van der Waals surface area contributed by atoms with Crippen molar-refractivity contribution in [3.63, 3.8) is 0 Å². The summed E-state index contributed by atoms with van der Waals surface area (Å²) < 4.78 is 11.2. The van der Waals surface area contributed by atoms with Crippen LogP contribution in [0.25, 0.3) is 0 Å². The molecule has 0 spiro atoms. The average Bonchev–Trinajstić information content (AvgIpc) is 3.18. The average molecular weight is 863 g/mol. The minimum Gasteiger partial charge on any atom is -0.460 e. The highest BCUT2D eigenvalue weighted by molar-refractivity contribution is 5.96. The zero-order valence-corrected chi connectivity index (χ0v) is 37.8. The Balaban J connectivity index is 1.95. The molecule has 0 aromatic carbocycles. The van der Waals surface area contributed by atoms with Gasteiger partial charge >= 0.3 is 12.1 Å². The highest BCUT2D eigenvalue weighted by atomic mass is 16.6. The zero-order valence-electron chi connectivity index (χ0n) is 37.8. The van der Waals surface area contributed by atoms with Gasteiger partial charge in [0.1, 0.15) is 42.4 Å². The number of nitrogens with zero attached hydrogens (tertiary/aromatic N) is 2. The third kappa shape index (κ3) is 16.1. The number of nitrogens with two attached hydrogens (primary N) is 1. The Morgan fingerprint density at radius 3 is 2.15 bits per heavy atom. The van der Waals surface area contributed by atoms with Crippen molar-refractivity contribution in [2.45, 2.75) is 161 Å². The van der Waals surface area contributed by atoms with Gasteiger partial charge in [-0.05, 0) is 71.1 Å². The maximum absolute atomic E-state index is 14.3. The van der Waals surface area contributed by atoms with Gasteiger partial charge in [0.2, 0.25) is 35.4 Å². The van der Waals surface area contributed by atoms with E-state index in [1.807, 2.05) is 13.8 Å². The highest BCUT2D eigenvalue weighted by Gasteiger charge is 2.41. The Labute approximate surface area is 361 Å². The number of esters is 1. The molecule has 0 unspecified atom stereocenters. The van der Waals surface area contributed by atoms with Gasteiger partial charge in [-0.25, -0.2) is 4.79 Å². The van der Waals surface area contributed by atoms with Crippen molar-refractivity contribution in [2.24, 2.45) is 29.4 Å². The van der Waals surface area contributed by atoms with Crippen LogP contribution in [0.3, 0.4) is 0 Å². The summed E-state index contributed by atoms with van der Waals surface area (Å²) in [5.74, 6) is -6.02. The Hall–Kier alpha value is -4.48. The number of cyclic esters (lactones) is 1. The van der Waals surface area contributed by atoms with Gasteiger partial charge in [0.15, 0.2) is 0 Å². The lowest BCUT2D eigenvalue weighted by atomic mass is 9.83. The van der Waals surface area contributed by atoms with Crippen molar-refractivity contribution in [3.05, 3.63) is 0 Å². The molecule has 18 heteroatoms. The van der Waals surface area contributed by atoms with Crippen molar-refractivity contribution in [2.75, 3.05) is 39.8 Å². The second-order valence-corrected chi connectivity index (χ2v) is 18.4. The van der Waals surface area contributed by atoms with Gasteiger partial charge < -0.3 is 51.6 Å². The molecule has 0 bridgehead atoms. The zero-order chi connectivity index (χ0) is 45.4. The summed E-state index contributed by atoms with van der Waals surface area (Å²) in [5.41, 5.74) is 5.31. The second kappa shape index (κ2) is 24.2. The lowest BCUT2D eigenvalue weighted by molar-refractivity contribution is -0.157. The van der Waals surface area contributed by atoms with Crippen LogP contribution < -0.4 is 32.3 Å². The Morgan fingerprint density at radius 1 is 0.885 bits per heavy atom. The van der Waals surface area contributed by atoms with Gasteiger partial charge in [-0.3, -0.25) is 33.6 Å². The van der Waals surface area contributed by atoms with Crippen LogP contribution in [-0.4, -0.2) is 133 Å². The predicted molar refractivity (Wildman–Crippen MR) is 227 cm³/mol. The maximum Gasteiger partial charge on any atom is 0.410 e. The van der Waals surface area contributed by atoms with Crippen LogP contribution in [0.5, 0.6) is 0 Å². The van der Waals surface area contributed by atoms with Gasteiger partial charge in [-0.1, -0.05) is 66.2 Å². The highest BCUT2D eigenvalue weighted by Crippen LogP contribution is 2.28. The molecule has 7 N–H and O–H groups in total. The van der Waals surface area contributed by atoms with Crippen LogP contribution in [0.4, 0.5) is 4.79 Å². The third-order valence-electron chi connectivity index (χ3n) is 11.7. The van der Waals surface area contributed by atoms with E-state index in [4.69, 9.17) is 15.2 Å². The molecule has 3 aliphatic rings. The molecule has 1 aliphatic carbocycles. The summed E-state index contributed by atoms with van der Waals surface area (Å²) in [6, 6.07) is -4.78. The van der Waals surface area contributed by atoms with Crippen LogP contribution in [0.2, 0.25) is 0 Å². The van der Waals surface area contributed by atoms with Crippen molar-refractivity contribution < 1.29 is 47.8 Å². The number of ether oxygens (including phenoxy) is 2. The number of unbranched alkanes of at least 4 members (excludes halogenated alkanes) is 3. The molecule has 18 nitrogen and oxygen atoms in total. The summed E-state index contributed by atoms with van der Waals surface area (Å²) in [5, 5.41) is 13.4. The number of amides is 7. The SMILES string of the molecule is CCCCCC[C@@H]1OC(=O)CNC(=O)[C@H](CNC(=O)C2CN(C(=O)OC(C)(C)C)C2)NC(=O)[C@H](CN)NC(=O)[C@H](C2CCCCC2)NC(=O)[C@H](CCC(C)C)N(C)C(=O)[C@@H]1C. The summed E-state index contributed by atoms with van der Waals surface area (Å²) in [7, 11) is 1.55. The molecule has 346 valence electrons. The fraction of sp³-hybridized carbons (Fsp3) is 0.814. The minimum atomic E-state index is -1.44. The number of carbonyl (C=O) groups is 8. The Kier molecular flexibility index (Phi) is 20.2. The normalized spacial score (nSPS) is 26.1. The summed E-state index contributed by atoms with van der Waals surface area (Å²) in [4.78, 5) is 112. The first-order chi connectivity index (χ1) is 28.8.